The molecule has 178 valence electrons. The Hall–Kier alpha value is -2.88. The van der Waals surface area contributed by atoms with Gasteiger partial charge in [-0.25, -0.2) is 9.78 Å². The van der Waals surface area contributed by atoms with Gasteiger partial charge in [-0.2, -0.15) is 0 Å². The van der Waals surface area contributed by atoms with Gasteiger partial charge in [-0.05, 0) is 55.7 Å². The first-order valence-electron chi connectivity index (χ1n) is 10.8. The Bertz CT molecular complexity index is 1300. The molecule has 1 fully saturated rings. The van der Waals surface area contributed by atoms with Crippen molar-refractivity contribution in [2.45, 2.75) is 37.6 Å². The molecule has 10 heteroatoms. The van der Waals surface area contributed by atoms with Crippen LogP contribution in [0.2, 0.25) is 5.02 Å². The maximum Gasteiger partial charge on any atom is 0.337 e. The summed E-state index contributed by atoms with van der Waals surface area (Å²) >= 11 is 7.29. The molecular formula is C24H24ClN3O5S. The molecule has 1 saturated heterocycles. The third-order valence-electron chi connectivity index (χ3n) is 5.54. The molecule has 1 atom stereocenters. The molecule has 0 bridgehead atoms. The minimum Gasteiger partial charge on any atom is -0.465 e. The molecule has 2 aromatic carbocycles. The molecule has 34 heavy (non-hydrogen) atoms. The van der Waals surface area contributed by atoms with Crippen molar-refractivity contribution in [1.29, 1.82) is 0 Å². The van der Waals surface area contributed by atoms with E-state index in [2.05, 4.69) is 10.3 Å². The minimum absolute atomic E-state index is 0.0334. The molecule has 2 heterocycles. The highest BCUT2D eigenvalue weighted by Gasteiger charge is 2.21. The van der Waals surface area contributed by atoms with E-state index in [-0.39, 0.29) is 23.3 Å². The third kappa shape index (κ3) is 5.43. The van der Waals surface area contributed by atoms with E-state index >= 15 is 0 Å². The summed E-state index contributed by atoms with van der Waals surface area (Å²) in [6, 6.07) is 9.94. The molecule has 0 saturated carbocycles. The highest BCUT2D eigenvalue weighted by Crippen LogP contribution is 2.23. The van der Waals surface area contributed by atoms with Crippen LogP contribution in [0, 0.1) is 6.92 Å². The summed E-state index contributed by atoms with van der Waals surface area (Å²) in [5, 5.41) is 4.14. The number of esters is 1. The first kappa shape index (κ1) is 24.3. The molecule has 0 spiro atoms. The number of aryl methyl sites for hydroxylation is 1. The Labute approximate surface area is 205 Å². The lowest BCUT2D eigenvalue weighted by Gasteiger charge is -2.16. The predicted octanol–water partition coefficient (Wildman–Crippen LogP) is 4.05. The first-order valence-corrected chi connectivity index (χ1v) is 12.2. The highest BCUT2D eigenvalue weighted by atomic mass is 35.5. The van der Waals surface area contributed by atoms with Gasteiger partial charge in [0.05, 0.1) is 42.0 Å². The number of nitrogens with one attached hydrogen (secondary N) is 1. The topological polar surface area (TPSA) is 99.5 Å². The zero-order valence-electron chi connectivity index (χ0n) is 18.8. The van der Waals surface area contributed by atoms with Gasteiger partial charge in [0.2, 0.25) is 5.91 Å². The van der Waals surface area contributed by atoms with E-state index in [1.54, 1.807) is 28.8 Å². The summed E-state index contributed by atoms with van der Waals surface area (Å²) in [7, 11) is 1.29. The second-order valence-electron chi connectivity index (χ2n) is 7.97. The number of anilines is 1. The monoisotopic (exact) mass is 501 g/mol. The minimum atomic E-state index is -0.516. The van der Waals surface area contributed by atoms with Crippen LogP contribution in [0.25, 0.3) is 10.9 Å². The molecule has 4 rings (SSSR count). The lowest BCUT2D eigenvalue weighted by molar-refractivity contribution is -0.113. The van der Waals surface area contributed by atoms with Crippen LogP contribution in [0.15, 0.2) is 46.3 Å². The molecule has 1 N–H and O–H groups in total. The molecule has 1 aromatic heterocycles. The fourth-order valence-corrected chi connectivity index (χ4v) is 4.70. The maximum atomic E-state index is 13.3. The van der Waals surface area contributed by atoms with E-state index in [1.165, 1.54) is 13.2 Å². The molecule has 8 nitrogen and oxygen atoms in total. The molecule has 1 aliphatic heterocycles. The number of ether oxygens (including phenoxy) is 2. The fraction of sp³-hybridized carbons (Fsp3) is 0.333. The Morgan fingerprint density at radius 3 is 2.82 bits per heavy atom. The van der Waals surface area contributed by atoms with Gasteiger partial charge in [0.15, 0.2) is 5.16 Å². The summed E-state index contributed by atoms with van der Waals surface area (Å²) in [6.45, 7) is 2.89. The Morgan fingerprint density at radius 1 is 1.29 bits per heavy atom. The Balaban J connectivity index is 1.62. The standard InChI is InChI=1S/C24H24ClN3O5S/c1-14-5-7-16(11-19(14)25)26-21(29)13-34-24-27-20-10-15(23(31)32-2)6-8-18(20)22(30)28(24)12-17-4-3-9-33-17/h5-8,10-11,17H,3-4,9,12-13H2,1-2H3,(H,26,29). The summed E-state index contributed by atoms with van der Waals surface area (Å²) < 4.78 is 12.0. The second-order valence-corrected chi connectivity index (χ2v) is 9.32. The fourth-order valence-electron chi connectivity index (χ4n) is 3.71. The molecule has 1 amide bonds. The molecule has 1 unspecified atom stereocenters. The maximum absolute atomic E-state index is 13.3. The van der Waals surface area contributed by atoms with E-state index < -0.39 is 5.97 Å². The van der Waals surface area contributed by atoms with E-state index in [0.717, 1.165) is 30.2 Å². The van der Waals surface area contributed by atoms with Crippen molar-refractivity contribution in [3.05, 3.63) is 62.9 Å². The van der Waals surface area contributed by atoms with Crippen molar-refractivity contribution in [2.75, 3.05) is 24.8 Å². The van der Waals surface area contributed by atoms with Gasteiger partial charge in [0.1, 0.15) is 0 Å². The zero-order valence-corrected chi connectivity index (χ0v) is 20.4. The van der Waals surface area contributed by atoms with E-state index in [1.807, 2.05) is 13.0 Å². The lowest BCUT2D eigenvalue weighted by atomic mass is 10.1. The Kier molecular flexibility index (Phi) is 7.55. The Morgan fingerprint density at radius 2 is 2.12 bits per heavy atom. The second kappa shape index (κ2) is 10.6. The summed E-state index contributed by atoms with van der Waals surface area (Å²) in [6.07, 6.45) is 1.70. The van der Waals surface area contributed by atoms with Crippen molar-refractivity contribution < 1.29 is 19.1 Å². The number of thioether (sulfide) groups is 1. The van der Waals surface area contributed by atoms with Crippen LogP contribution in [0.5, 0.6) is 0 Å². The largest absolute Gasteiger partial charge is 0.465 e. The number of aromatic nitrogens is 2. The van der Waals surface area contributed by atoms with Gasteiger partial charge in [-0.3, -0.25) is 14.2 Å². The number of carbonyl (C=O) groups excluding carboxylic acids is 2. The van der Waals surface area contributed by atoms with E-state index in [9.17, 15) is 14.4 Å². The van der Waals surface area contributed by atoms with Gasteiger partial charge in [0, 0.05) is 17.3 Å². The number of nitrogens with zero attached hydrogens (tertiary/aromatic N) is 2. The van der Waals surface area contributed by atoms with Crippen molar-refractivity contribution in [3.8, 4) is 0 Å². The van der Waals surface area contributed by atoms with Crippen LogP contribution in [0.3, 0.4) is 0 Å². The van der Waals surface area contributed by atoms with E-state index in [4.69, 9.17) is 21.1 Å². The van der Waals surface area contributed by atoms with Crippen molar-refractivity contribution in [1.82, 2.24) is 9.55 Å². The number of benzene rings is 2. The summed E-state index contributed by atoms with van der Waals surface area (Å²) in [5.74, 6) is -0.741. The average molecular weight is 502 g/mol. The van der Waals surface area contributed by atoms with Crippen LogP contribution in [0.1, 0.15) is 28.8 Å². The third-order valence-corrected chi connectivity index (χ3v) is 6.92. The van der Waals surface area contributed by atoms with Crippen LogP contribution < -0.4 is 10.9 Å². The van der Waals surface area contributed by atoms with Crippen molar-refractivity contribution in [3.63, 3.8) is 0 Å². The highest BCUT2D eigenvalue weighted by molar-refractivity contribution is 7.99. The number of fused-ring (bicyclic) bond motifs is 1. The van der Waals surface area contributed by atoms with Gasteiger partial charge in [0.25, 0.3) is 5.56 Å². The number of amides is 1. The normalized spacial score (nSPS) is 15.4. The number of hydrogen-bond donors (Lipinski definition) is 1. The number of carbonyl (C=O) groups is 2. The molecule has 3 aromatic rings. The molecule has 0 radical (unpaired) electrons. The summed E-state index contributed by atoms with van der Waals surface area (Å²) in [4.78, 5) is 42.5. The predicted molar refractivity (Wildman–Crippen MR) is 132 cm³/mol. The van der Waals surface area contributed by atoms with Gasteiger partial charge in [-0.15, -0.1) is 0 Å². The van der Waals surface area contributed by atoms with Gasteiger partial charge >= 0.3 is 5.97 Å². The van der Waals surface area contributed by atoms with E-state index in [0.29, 0.717) is 45.5 Å². The van der Waals surface area contributed by atoms with Crippen LogP contribution in [0.4, 0.5) is 5.69 Å². The smallest absolute Gasteiger partial charge is 0.337 e. The molecular weight excluding hydrogens is 478 g/mol. The number of hydrogen-bond acceptors (Lipinski definition) is 7. The number of rotatable bonds is 7. The van der Waals surface area contributed by atoms with Crippen molar-refractivity contribution in [2.24, 2.45) is 0 Å². The number of halogens is 1. The summed E-state index contributed by atoms with van der Waals surface area (Å²) in [5.41, 5.74) is 1.92. The van der Waals surface area contributed by atoms with Crippen LogP contribution >= 0.6 is 23.4 Å². The number of methoxy groups -OCH3 is 1. The molecule has 1 aliphatic rings. The lowest BCUT2D eigenvalue weighted by Crippen LogP contribution is -2.29. The van der Waals surface area contributed by atoms with Gasteiger partial charge in [-0.1, -0.05) is 29.4 Å². The first-order chi connectivity index (χ1) is 16.4. The average Bonchev–Trinajstić information content (AvgIpc) is 3.34. The van der Waals surface area contributed by atoms with Gasteiger partial charge < -0.3 is 14.8 Å². The van der Waals surface area contributed by atoms with Crippen molar-refractivity contribution >= 4 is 51.8 Å². The SMILES string of the molecule is COC(=O)c1ccc2c(=O)n(CC3CCCO3)c(SCC(=O)Nc3ccc(C)c(Cl)c3)nc2c1. The quantitative estimate of drug-likeness (QED) is 0.296. The molecule has 0 aliphatic carbocycles. The van der Waals surface area contributed by atoms with Crippen LogP contribution in [-0.2, 0) is 20.8 Å². The zero-order chi connectivity index (χ0) is 24.2. The van der Waals surface area contributed by atoms with Crippen LogP contribution in [-0.4, -0.2) is 47.0 Å².